The van der Waals surface area contributed by atoms with Gasteiger partial charge in [0.15, 0.2) is 0 Å². The van der Waals surface area contributed by atoms with Gasteiger partial charge >= 0.3 is 0 Å². The molecule has 0 bridgehead atoms. The lowest BCUT2D eigenvalue weighted by atomic mass is 9.95. The maximum absolute atomic E-state index is 12.0. The predicted octanol–water partition coefficient (Wildman–Crippen LogP) is -0.116. The molecule has 2 amide bonds. The summed E-state index contributed by atoms with van der Waals surface area (Å²) in [5.74, 6) is -0.235. The molecule has 3 N–H and O–H groups in total. The third-order valence-electron chi connectivity index (χ3n) is 2.58. The molecule has 0 aromatic rings. The Hall–Kier alpha value is -0.810. The van der Waals surface area contributed by atoms with Gasteiger partial charge in [0.2, 0.25) is 11.8 Å². The molecule has 6 heteroatoms. The largest absolute Gasteiger partial charge is 0.353 e. The van der Waals surface area contributed by atoms with Gasteiger partial charge in [0.05, 0.1) is 12.1 Å². The van der Waals surface area contributed by atoms with Gasteiger partial charge < -0.3 is 16.0 Å². The molecular weight excluding hydrogens is 230 g/mol. The number of carbonyl (C=O) groups is 2. The quantitative estimate of drug-likeness (QED) is 0.733. The fourth-order valence-electron chi connectivity index (χ4n) is 1.80. The summed E-state index contributed by atoms with van der Waals surface area (Å²) in [5, 5.41) is 2.68. The van der Waals surface area contributed by atoms with Crippen molar-refractivity contribution in [2.45, 2.75) is 32.2 Å². The van der Waals surface area contributed by atoms with E-state index in [1.165, 1.54) is 4.90 Å². The summed E-state index contributed by atoms with van der Waals surface area (Å²) < 4.78 is 0. The van der Waals surface area contributed by atoms with E-state index in [0.29, 0.717) is 19.5 Å². The Morgan fingerprint density at radius 1 is 1.62 bits per heavy atom. The van der Waals surface area contributed by atoms with Crippen LogP contribution in [0.2, 0.25) is 0 Å². The van der Waals surface area contributed by atoms with Crippen LogP contribution in [0.15, 0.2) is 0 Å². The summed E-state index contributed by atoms with van der Waals surface area (Å²) in [5.41, 5.74) is 5.08. The van der Waals surface area contributed by atoms with E-state index in [1.807, 2.05) is 6.92 Å². The standard InChI is InChI=1S/C10H19N3O2.ClH/c1-3-4-10(2,11)9(15)13-6-5-12-8(14)7-13;/h3-7,11H2,1-2H3,(H,12,14);1H. The van der Waals surface area contributed by atoms with Crippen LogP contribution in [0.1, 0.15) is 26.7 Å². The highest BCUT2D eigenvalue weighted by atomic mass is 35.5. The third kappa shape index (κ3) is 3.64. The molecule has 0 saturated carbocycles. The smallest absolute Gasteiger partial charge is 0.242 e. The fraction of sp³-hybridized carbons (Fsp3) is 0.800. The van der Waals surface area contributed by atoms with Gasteiger partial charge in [-0.15, -0.1) is 12.4 Å². The SMILES string of the molecule is CCCC(C)(N)C(=O)N1CCNC(=O)C1.Cl. The zero-order valence-electron chi connectivity index (χ0n) is 9.78. The van der Waals surface area contributed by atoms with Crippen molar-refractivity contribution in [3.05, 3.63) is 0 Å². The second kappa shape index (κ2) is 6.06. The average Bonchev–Trinajstić information content (AvgIpc) is 2.16. The summed E-state index contributed by atoms with van der Waals surface area (Å²) >= 11 is 0. The second-order valence-electron chi connectivity index (χ2n) is 4.24. The fourth-order valence-corrected chi connectivity index (χ4v) is 1.80. The molecule has 1 fully saturated rings. The van der Waals surface area contributed by atoms with E-state index in [1.54, 1.807) is 6.92 Å². The number of carbonyl (C=O) groups excluding carboxylic acids is 2. The third-order valence-corrected chi connectivity index (χ3v) is 2.58. The normalized spacial score (nSPS) is 19.4. The molecule has 1 saturated heterocycles. The first kappa shape index (κ1) is 15.2. The van der Waals surface area contributed by atoms with Crippen LogP contribution < -0.4 is 11.1 Å². The van der Waals surface area contributed by atoms with Crippen molar-refractivity contribution < 1.29 is 9.59 Å². The lowest BCUT2D eigenvalue weighted by molar-refractivity contribution is -0.142. The van der Waals surface area contributed by atoms with E-state index < -0.39 is 5.54 Å². The number of nitrogens with two attached hydrogens (primary N) is 1. The summed E-state index contributed by atoms with van der Waals surface area (Å²) in [6, 6.07) is 0. The van der Waals surface area contributed by atoms with Gasteiger partial charge in [0.25, 0.3) is 0 Å². The van der Waals surface area contributed by atoms with Crippen molar-refractivity contribution in [3.63, 3.8) is 0 Å². The minimum absolute atomic E-state index is 0. The molecule has 1 unspecified atom stereocenters. The van der Waals surface area contributed by atoms with E-state index in [2.05, 4.69) is 5.32 Å². The Bertz CT molecular complexity index is 269. The number of hydrogen-bond donors (Lipinski definition) is 2. The molecule has 0 aromatic carbocycles. The Balaban J connectivity index is 0.00000225. The minimum atomic E-state index is -0.841. The lowest BCUT2D eigenvalue weighted by Gasteiger charge is -2.33. The van der Waals surface area contributed by atoms with Crippen molar-refractivity contribution in [2.75, 3.05) is 19.6 Å². The molecular formula is C10H20ClN3O2. The Labute approximate surface area is 102 Å². The number of hydrogen-bond acceptors (Lipinski definition) is 3. The van der Waals surface area contributed by atoms with Crippen LogP contribution in [0, 0.1) is 0 Å². The number of piperazine rings is 1. The highest BCUT2D eigenvalue weighted by molar-refractivity contribution is 5.90. The number of halogens is 1. The van der Waals surface area contributed by atoms with Crippen molar-refractivity contribution in [1.82, 2.24) is 10.2 Å². The predicted molar refractivity (Wildman–Crippen MR) is 64.3 cm³/mol. The molecule has 1 rings (SSSR count). The van der Waals surface area contributed by atoms with Gasteiger partial charge in [-0.2, -0.15) is 0 Å². The van der Waals surface area contributed by atoms with Crippen molar-refractivity contribution >= 4 is 24.2 Å². The summed E-state index contributed by atoms with van der Waals surface area (Å²) in [6.07, 6.45) is 1.50. The molecule has 0 aliphatic carbocycles. The zero-order valence-corrected chi connectivity index (χ0v) is 10.6. The van der Waals surface area contributed by atoms with Crippen LogP contribution >= 0.6 is 12.4 Å². The number of nitrogens with zero attached hydrogens (tertiary/aromatic N) is 1. The molecule has 16 heavy (non-hydrogen) atoms. The molecule has 1 heterocycles. The van der Waals surface area contributed by atoms with Crippen molar-refractivity contribution in [1.29, 1.82) is 0 Å². The first-order valence-corrected chi connectivity index (χ1v) is 5.32. The van der Waals surface area contributed by atoms with E-state index in [-0.39, 0.29) is 30.8 Å². The molecule has 1 atom stereocenters. The maximum Gasteiger partial charge on any atom is 0.242 e. The molecule has 0 aromatic heterocycles. The summed E-state index contributed by atoms with van der Waals surface area (Å²) in [7, 11) is 0. The zero-order chi connectivity index (χ0) is 11.5. The molecule has 94 valence electrons. The topological polar surface area (TPSA) is 75.4 Å². The Morgan fingerprint density at radius 3 is 2.75 bits per heavy atom. The highest BCUT2D eigenvalue weighted by Gasteiger charge is 2.33. The monoisotopic (exact) mass is 249 g/mol. The van der Waals surface area contributed by atoms with Crippen LogP contribution in [0.25, 0.3) is 0 Å². The van der Waals surface area contributed by atoms with E-state index in [9.17, 15) is 9.59 Å². The number of rotatable bonds is 3. The number of nitrogens with one attached hydrogen (secondary N) is 1. The highest BCUT2D eigenvalue weighted by Crippen LogP contribution is 2.13. The van der Waals surface area contributed by atoms with Gasteiger partial charge in [-0.25, -0.2) is 0 Å². The van der Waals surface area contributed by atoms with Gasteiger partial charge in [0.1, 0.15) is 0 Å². The molecule has 0 radical (unpaired) electrons. The molecule has 5 nitrogen and oxygen atoms in total. The van der Waals surface area contributed by atoms with E-state index >= 15 is 0 Å². The lowest BCUT2D eigenvalue weighted by Crippen LogP contribution is -2.59. The number of amides is 2. The maximum atomic E-state index is 12.0. The Kier molecular flexibility index (Phi) is 5.75. The first-order valence-electron chi connectivity index (χ1n) is 5.32. The summed E-state index contributed by atoms with van der Waals surface area (Å²) in [6.45, 7) is 4.93. The Morgan fingerprint density at radius 2 is 2.25 bits per heavy atom. The van der Waals surface area contributed by atoms with Gasteiger partial charge in [-0.05, 0) is 13.3 Å². The van der Waals surface area contributed by atoms with Gasteiger partial charge in [0, 0.05) is 13.1 Å². The van der Waals surface area contributed by atoms with E-state index in [4.69, 9.17) is 5.73 Å². The summed E-state index contributed by atoms with van der Waals surface area (Å²) in [4.78, 5) is 24.6. The molecule has 1 aliphatic heterocycles. The van der Waals surface area contributed by atoms with Crippen molar-refractivity contribution in [3.8, 4) is 0 Å². The van der Waals surface area contributed by atoms with E-state index in [0.717, 1.165) is 6.42 Å². The van der Waals surface area contributed by atoms with Gasteiger partial charge in [-0.3, -0.25) is 9.59 Å². The van der Waals surface area contributed by atoms with Crippen LogP contribution in [-0.4, -0.2) is 41.9 Å². The van der Waals surface area contributed by atoms with Crippen molar-refractivity contribution in [2.24, 2.45) is 5.73 Å². The van der Waals surface area contributed by atoms with Gasteiger partial charge in [-0.1, -0.05) is 13.3 Å². The average molecular weight is 250 g/mol. The minimum Gasteiger partial charge on any atom is -0.353 e. The van der Waals surface area contributed by atoms with Crippen LogP contribution in [0.5, 0.6) is 0 Å². The van der Waals surface area contributed by atoms with Crippen LogP contribution in [0.4, 0.5) is 0 Å². The molecule has 1 aliphatic rings. The molecule has 0 spiro atoms. The van der Waals surface area contributed by atoms with Crippen LogP contribution in [-0.2, 0) is 9.59 Å². The second-order valence-corrected chi connectivity index (χ2v) is 4.24. The van der Waals surface area contributed by atoms with Crippen LogP contribution in [0.3, 0.4) is 0 Å². The first-order chi connectivity index (χ1) is 6.97.